The molecule has 8 heteroatoms. The van der Waals surface area contributed by atoms with E-state index in [-0.39, 0.29) is 147 Å². The zero-order valence-electron chi connectivity index (χ0n) is 8.56. The molecule has 1 N–H and O–H groups in total. The molecule has 90 valence electrons. The van der Waals surface area contributed by atoms with Gasteiger partial charge in [0.05, 0.1) is 0 Å². The molecule has 1 heterocycles. The topological polar surface area (TPSA) is 12.0 Å². The molecule has 15 heavy (non-hydrogen) atoms. The van der Waals surface area contributed by atoms with Crippen molar-refractivity contribution < 1.29 is 147 Å². The number of hydrogen-bond acceptors (Lipinski definition) is 1. The Morgan fingerprint density at radius 3 is 1.40 bits per heavy atom. The molecular formula is C7H14NW7-. The quantitative estimate of drug-likeness (QED) is 0.361. The van der Waals surface area contributed by atoms with Crippen molar-refractivity contribution >= 4 is 0 Å². The number of rotatable bonds is 0. The van der Waals surface area contributed by atoms with E-state index in [0.717, 1.165) is 6.54 Å². The number of hydrogen-bond donors (Lipinski definition) is 1. The van der Waals surface area contributed by atoms with Crippen LogP contribution in [0.15, 0.2) is 0 Å². The van der Waals surface area contributed by atoms with E-state index in [2.05, 4.69) is 25.6 Å². The van der Waals surface area contributed by atoms with Crippen molar-refractivity contribution in [2.24, 2.45) is 5.41 Å². The summed E-state index contributed by atoms with van der Waals surface area (Å²) in [5.41, 5.74) is 0.491. The van der Waals surface area contributed by atoms with E-state index in [9.17, 15) is 0 Å². The maximum atomic E-state index is 3.28. The molecule has 0 bridgehead atoms. The zero-order valence-corrected chi connectivity index (χ0v) is 29.1. The van der Waals surface area contributed by atoms with Gasteiger partial charge in [-0.1, -0.05) is 20.3 Å². The predicted octanol–water partition coefficient (Wildman–Crippen LogP) is 1.19. The van der Waals surface area contributed by atoms with Crippen molar-refractivity contribution in [3.63, 3.8) is 0 Å². The molecular weight excluding hydrogens is 1380 g/mol. The summed E-state index contributed by atoms with van der Waals surface area (Å²) in [5, 5.41) is 3.28. The zero-order chi connectivity index (χ0) is 6.04. The first-order chi connectivity index (χ1) is 3.71. The third-order valence-electron chi connectivity index (χ3n) is 1.75. The van der Waals surface area contributed by atoms with Gasteiger partial charge in [0.1, 0.15) is 0 Å². The Kier molecular flexibility index (Phi) is 67.9. The Morgan fingerprint density at radius 2 is 1.27 bits per heavy atom. The molecule has 0 aromatic rings. The second kappa shape index (κ2) is 23.8. The molecule has 0 unspecified atom stereocenters. The van der Waals surface area contributed by atoms with Gasteiger partial charge >= 0.3 is 0 Å². The molecule has 0 aromatic carbocycles. The molecule has 1 fully saturated rings. The van der Waals surface area contributed by atoms with Crippen LogP contribution >= 0.6 is 0 Å². The van der Waals surface area contributed by atoms with Gasteiger partial charge < -0.3 is 11.7 Å². The van der Waals surface area contributed by atoms with Gasteiger partial charge in [0, 0.05) is 147 Å². The normalized spacial score (nSPS) is 14.8. The van der Waals surface area contributed by atoms with E-state index in [0.29, 0.717) is 5.41 Å². The monoisotopic (exact) mass is 1400 g/mol. The van der Waals surface area contributed by atoms with E-state index in [1.807, 2.05) is 0 Å². The van der Waals surface area contributed by atoms with Crippen LogP contribution in [0.2, 0.25) is 0 Å². The first-order valence-corrected chi connectivity index (χ1v) is 3.26. The van der Waals surface area contributed by atoms with E-state index >= 15 is 0 Å². The average molecular weight is 1400 g/mol. The van der Waals surface area contributed by atoms with E-state index < -0.39 is 0 Å². The van der Waals surface area contributed by atoms with Crippen molar-refractivity contribution in [1.82, 2.24) is 5.32 Å². The van der Waals surface area contributed by atoms with Crippen LogP contribution in [-0.4, -0.2) is 13.1 Å². The second-order valence-corrected chi connectivity index (χ2v) is 3.15. The van der Waals surface area contributed by atoms with Crippen molar-refractivity contribution in [1.29, 1.82) is 0 Å². The predicted molar refractivity (Wildman–Crippen MR) is 35.6 cm³/mol. The Hall–Kier alpha value is 4.78. The van der Waals surface area contributed by atoms with Gasteiger partial charge in [-0.25, -0.2) is 0 Å². The minimum Gasteiger partial charge on any atom is -0.346 e. The minimum absolute atomic E-state index is 0. The molecule has 1 saturated heterocycles. The third kappa shape index (κ3) is 24.2. The molecule has 1 aliphatic rings. The van der Waals surface area contributed by atoms with Crippen LogP contribution < -0.4 is 5.32 Å². The molecule has 0 radical (unpaired) electrons. The van der Waals surface area contributed by atoms with E-state index in [1.54, 1.807) is 0 Å². The Morgan fingerprint density at radius 1 is 0.867 bits per heavy atom. The van der Waals surface area contributed by atoms with Crippen LogP contribution in [0, 0.1) is 11.8 Å². The molecule has 1 aliphatic heterocycles. The fourth-order valence-corrected chi connectivity index (χ4v) is 0.963. The van der Waals surface area contributed by atoms with Crippen molar-refractivity contribution in [2.45, 2.75) is 20.3 Å². The van der Waals surface area contributed by atoms with E-state index in [4.69, 9.17) is 0 Å². The molecule has 0 aliphatic carbocycles. The fraction of sp³-hybridized carbons (Fsp3) is 0.857. The minimum atomic E-state index is 0. The van der Waals surface area contributed by atoms with Crippen LogP contribution in [0.4, 0.5) is 0 Å². The molecule has 0 saturated carbocycles. The van der Waals surface area contributed by atoms with Crippen LogP contribution in [0.3, 0.4) is 0 Å². The molecule has 0 amide bonds. The van der Waals surface area contributed by atoms with Crippen LogP contribution in [0.25, 0.3) is 0 Å². The van der Waals surface area contributed by atoms with Gasteiger partial charge in [0.15, 0.2) is 0 Å². The summed E-state index contributed by atoms with van der Waals surface area (Å²) >= 11 is 0. The fourth-order valence-electron chi connectivity index (χ4n) is 0.963. The number of piperidine rings is 1. The Balaban J connectivity index is -0.0000000183. The third-order valence-corrected chi connectivity index (χ3v) is 1.75. The summed E-state index contributed by atoms with van der Waals surface area (Å²) < 4.78 is 0. The standard InChI is InChI=1S/C7H14N.7W/c1-7(2)3-5-8-6-4-7;;;;;;;/h3,8H,4-6H2,1-2H3;;;;;;;/q-1;;;;;;;. The Bertz CT molecular complexity index is 83.4. The maximum Gasteiger partial charge on any atom is 0 e. The maximum absolute atomic E-state index is 3.28. The molecule has 0 atom stereocenters. The van der Waals surface area contributed by atoms with Crippen LogP contribution in [0.5, 0.6) is 0 Å². The van der Waals surface area contributed by atoms with Gasteiger partial charge in [-0.2, -0.15) is 5.41 Å². The number of nitrogens with one attached hydrogen (secondary N) is 1. The summed E-state index contributed by atoms with van der Waals surface area (Å²) in [5.74, 6) is 0. The summed E-state index contributed by atoms with van der Waals surface area (Å²) in [7, 11) is 0. The summed E-state index contributed by atoms with van der Waals surface area (Å²) in [4.78, 5) is 0. The van der Waals surface area contributed by atoms with Crippen molar-refractivity contribution in [3.05, 3.63) is 6.42 Å². The first-order valence-electron chi connectivity index (χ1n) is 3.26. The van der Waals surface area contributed by atoms with Gasteiger partial charge in [0.2, 0.25) is 0 Å². The summed E-state index contributed by atoms with van der Waals surface area (Å²) in [6.45, 7) is 6.85. The van der Waals surface area contributed by atoms with E-state index in [1.165, 1.54) is 13.0 Å². The Labute approximate surface area is 194 Å². The van der Waals surface area contributed by atoms with Gasteiger partial charge in [-0.05, 0) is 6.54 Å². The summed E-state index contributed by atoms with van der Waals surface area (Å²) in [6.07, 6.45) is 3.63. The van der Waals surface area contributed by atoms with Gasteiger partial charge in [-0.15, -0.1) is 6.54 Å². The first kappa shape index (κ1) is 42.7. The smallest absolute Gasteiger partial charge is 0 e. The van der Waals surface area contributed by atoms with Gasteiger partial charge in [-0.3, -0.25) is 0 Å². The summed E-state index contributed by atoms with van der Waals surface area (Å²) in [6, 6.07) is 0. The van der Waals surface area contributed by atoms with Crippen LogP contribution in [-0.2, 0) is 147 Å². The molecule has 1 nitrogen and oxygen atoms in total. The molecule has 1 rings (SSSR count). The molecule has 0 aromatic heterocycles. The van der Waals surface area contributed by atoms with Crippen molar-refractivity contribution in [3.8, 4) is 0 Å². The molecule has 0 spiro atoms. The average Bonchev–Trinajstić information content (AvgIpc) is 1.65. The largest absolute Gasteiger partial charge is 0.346 e. The SMILES string of the molecule is CC1(C)[CH-]CNCC1.[W].[W].[W].[W].[W].[W].[W]. The van der Waals surface area contributed by atoms with Crippen LogP contribution in [0.1, 0.15) is 20.3 Å². The second-order valence-electron chi connectivity index (χ2n) is 3.15. The van der Waals surface area contributed by atoms with Crippen molar-refractivity contribution in [2.75, 3.05) is 13.1 Å². The van der Waals surface area contributed by atoms with Gasteiger partial charge in [0.25, 0.3) is 0 Å².